The van der Waals surface area contributed by atoms with Crippen LogP contribution in [0.25, 0.3) is 0 Å². The lowest BCUT2D eigenvalue weighted by molar-refractivity contribution is -0.121. The number of aryl methyl sites for hydroxylation is 1. The summed E-state index contributed by atoms with van der Waals surface area (Å²) < 4.78 is 28.5. The van der Waals surface area contributed by atoms with Gasteiger partial charge in [-0.3, -0.25) is 10.2 Å². The summed E-state index contributed by atoms with van der Waals surface area (Å²) in [6.45, 7) is 3.64. The van der Waals surface area contributed by atoms with Crippen LogP contribution in [0.15, 0.2) is 29.2 Å². The van der Waals surface area contributed by atoms with Gasteiger partial charge in [-0.25, -0.2) is 18.6 Å². The highest BCUT2D eigenvalue weighted by Crippen LogP contribution is 2.12. The molecule has 0 heterocycles. The maximum atomic E-state index is 12.0. The number of hydrogen-bond acceptors (Lipinski definition) is 5. The van der Waals surface area contributed by atoms with Gasteiger partial charge in [0.1, 0.15) is 0 Å². The van der Waals surface area contributed by atoms with E-state index >= 15 is 0 Å². The van der Waals surface area contributed by atoms with Crippen molar-refractivity contribution in [3.8, 4) is 0 Å². The zero-order chi connectivity index (χ0) is 15.9. The largest absolute Gasteiger partial charge is 0.449 e. The molecule has 0 bridgehead atoms. The normalized spacial score (nSPS) is 10.8. The Morgan fingerprint density at radius 2 is 1.76 bits per heavy atom. The molecule has 116 valence electrons. The molecule has 8 heteroatoms. The third-order valence-electron chi connectivity index (χ3n) is 2.56. The Hall–Kier alpha value is -2.09. The Bertz CT molecular complexity index is 595. The Morgan fingerprint density at radius 1 is 1.14 bits per heavy atom. The second-order valence-corrected chi connectivity index (χ2v) is 6.38. The van der Waals surface area contributed by atoms with Crippen molar-refractivity contribution < 1.29 is 22.7 Å². The van der Waals surface area contributed by atoms with Crippen LogP contribution < -0.4 is 10.9 Å². The summed E-state index contributed by atoms with van der Waals surface area (Å²) in [5.74, 6) is -0.953. The summed E-state index contributed by atoms with van der Waals surface area (Å²) in [6.07, 6.45) is -1.06. The zero-order valence-corrected chi connectivity index (χ0v) is 12.7. The molecule has 0 atom stereocenters. The van der Waals surface area contributed by atoms with Crippen LogP contribution in [0.4, 0.5) is 4.79 Å². The summed E-state index contributed by atoms with van der Waals surface area (Å²) in [5, 5.41) is 0. The van der Waals surface area contributed by atoms with Crippen LogP contribution in [0.3, 0.4) is 0 Å². The fourth-order valence-corrected chi connectivity index (χ4v) is 2.68. The fourth-order valence-electron chi connectivity index (χ4n) is 1.44. The first kappa shape index (κ1) is 17.0. The molecule has 1 aromatic carbocycles. The summed E-state index contributed by atoms with van der Waals surface area (Å²) >= 11 is 0. The summed E-state index contributed by atoms with van der Waals surface area (Å²) in [7, 11) is -3.53. The van der Waals surface area contributed by atoms with Crippen molar-refractivity contribution >= 4 is 21.8 Å². The molecule has 0 aliphatic heterocycles. The number of rotatable bonds is 5. The van der Waals surface area contributed by atoms with Gasteiger partial charge in [-0.15, -0.1) is 0 Å². The Balaban J connectivity index is 2.48. The third kappa shape index (κ3) is 5.82. The van der Waals surface area contributed by atoms with Crippen molar-refractivity contribution in [1.29, 1.82) is 0 Å². The molecule has 0 saturated carbocycles. The second kappa shape index (κ2) is 7.63. The van der Waals surface area contributed by atoms with E-state index < -0.39 is 21.8 Å². The first-order chi connectivity index (χ1) is 9.85. The van der Waals surface area contributed by atoms with Crippen LogP contribution in [-0.2, 0) is 19.4 Å². The molecule has 0 aliphatic rings. The van der Waals surface area contributed by atoms with Crippen molar-refractivity contribution in [2.24, 2.45) is 0 Å². The van der Waals surface area contributed by atoms with Crippen LogP contribution in [0.2, 0.25) is 0 Å². The van der Waals surface area contributed by atoms with Crippen molar-refractivity contribution in [3.05, 3.63) is 29.8 Å². The molecule has 0 aromatic heterocycles. The molecule has 2 N–H and O–H groups in total. The molecule has 1 rings (SSSR count). The number of ether oxygens (including phenoxy) is 1. The lowest BCUT2D eigenvalue weighted by atomic mass is 10.2. The van der Waals surface area contributed by atoms with E-state index in [2.05, 4.69) is 10.2 Å². The minimum absolute atomic E-state index is 0.166. The van der Waals surface area contributed by atoms with Gasteiger partial charge in [0.15, 0.2) is 9.84 Å². The Labute approximate surface area is 123 Å². The van der Waals surface area contributed by atoms with Gasteiger partial charge in [-0.2, -0.15) is 0 Å². The lowest BCUT2D eigenvalue weighted by Gasteiger charge is -2.07. The van der Waals surface area contributed by atoms with E-state index in [0.29, 0.717) is 0 Å². The number of sulfone groups is 1. The van der Waals surface area contributed by atoms with Crippen LogP contribution >= 0.6 is 0 Å². The van der Waals surface area contributed by atoms with Crippen molar-refractivity contribution in [3.63, 3.8) is 0 Å². The minimum Gasteiger partial charge on any atom is -0.449 e. The van der Waals surface area contributed by atoms with Crippen LogP contribution in [0, 0.1) is 6.92 Å². The van der Waals surface area contributed by atoms with Crippen molar-refractivity contribution in [2.75, 3.05) is 12.4 Å². The maximum absolute atomic E-state index is 12.0. The van der Waals surface area contributed by atoms with Crippen LogP contribution in [-0.4, -0.2) is 32.8 Å². The standard InChI is InChI=1S/C13H18N2O5S/c1-3-20-13(17)15-14-12(16)8-9-21(18,19)11-6-4-10(2)5-7-11/h4-7H,3,8-9H2,1-2H3,(H,14,16)(H,15,17). The van der Waals surface area contributed by atoms with E-state index in [9.17, 15) is 18.0 Å². The number of amides is 2. The summed E-state index contributed by atoms with van der Waals surface area (Å²) in [6, 6.07) is 6.38. The van der Waals surface area contributed by atoms with Gasteiger partial charge < -0.3 is 4.74 Å². The van der Waals surface area contributed by atoms with Gasteiger partial charge >= 0.3 is 6.09 Å². The molecule has 0 aliphatic carbocycles. The molecule has 0 radical (unpaired) electrons. The SMILES string of the molecule is CCOC(=O)NNC(=O)CCS(=O)(=O)c1ccc(C)cc1. The van der Waals surface area contributed by atoms with Gasteiger partial charge in [-0.05, 0) is 26.0 Å². The minimum atomic E-state index is -3.53. The molecule has 0 spiro atoms. The topological polar surface area (TPSA) is 102 Å². The first-order valence-corrected chi connectivity index (χ1v) is 8.01. The van der Waals surface area contributed by atoms with E-state index in [1.54, 1.807) is 19.1 Å². The Kier molecular flexibility index (Phi) is 6.16. The van der Waals surface area contributed by atoms with E-state index in [4.69, 9.17) is 0 Å². The van der Waals surface area contributed by atoms with Gasteiger partial charge in [0, 0.05) is 6.42 Å². The van der Waals surface area contributed by atoms with E-state index in [1.165, 1.54) is 12.1 Å². The highest BCUT2D eigenvalue weighted by Gasteiger charge is 2.16. The van der Waals surface area contributed by atoms with Crippen molar-refractivity contribution in [1.82, 2.24) is 10.9 Å². The molecule has 0 fully saturated rings. The number of carbonyl (C=O) groups excluding carboxylic acids is 2. The highest BCUT2D eigenvalue weighted by molar-refractivity contribution is 7.91. The third-order valence-corrected chi connectivity index (χ3v) is 4.29. The average molecular weight is 314 g/mol. The predicted molar refractivity (Wildman–Crippen MR) is 76.1 cm³/mol. The highest BCUT2D eigenvalue weighted by atomic mass is 32.2. The number of benzene rings is 1. The lowest BCUT2D eigenvalue weighted by Crippen LogP contribution is -2.42. The monoisotopic (exact) mass is 314 g/mol. The van der Waals surface area contributed by atoms with Gasteiger partial charge in [0.25, 0.3) is 0 Å². The average Bonchev–Trinajstić information content (AvgIpc) is 2.44. The number of hydrogen-bond donors (Lipinski definition) is 2. The molecule has 0 unspecified atom stereocenters. The molecule has 2 amide bonds. The Morgan fingerprint density at radius 3 is 2.33 bits per heavy atom. The number of carbonyl (C=O) groups is 2. The van der Waals surface area contributed by atoms with E-state index in [1.807, 2.05) is 12.3 Å². The van der Waals surface area contributed by atoms with Gasteiger partial charge in [0.2, 0.25) is 5.91 Å². The quantitative estimate of drug-likeness (QED) is 0.787. The molecule has 0 saturated heterocycles. The molecular weight excluding hydrogens is 296 g/mol. The molecule has 7 nitrogen and oxygen atoms in total. The molecular formula is C13H18N2O5S. The van der Waals surface area contributed by atoms with Crippen LogP contribution in [0.5, 0.6) is 0 Å². The second-order valence-electron chi connectivity index (χ2n) is 4.28. The van der Waals surface area contributed by atoms with Crippen molar-refractivity contribution in [2.45, 2.75) is 25.2 Å². The van der Waals surface area contributed by atoms with E-state index in [0.717, 1.165) is 5.56 Å². The predicted octanol–water partition coefficient (Wildman–Crippen LogP) is 0.936. The van der Waals surface area contributed by atoms with Gasteiger partial charge in [-0.1, -0.05) is 17.7 Å². The number of nitrogens with one attached hydrogen (secondary N) is 2. The maximum Gasteiger partial charge on any atom is 0.426 e. The summed E-state index contributed by atoms with van der Waals surface area (Å²) in [5.41, 5.74) is 5.03. The first-order valence-electron chi connectivity index (χ1n) is 6.36. The zero-order valence-electron chi connectivity index (χ0n) is 11.9. The fraction of sp³-hybridized carbons (Fsp3) is 0.385. The number of hydrazine groups is 1. The van der Waals surface area contributed by atoms with Crippen LogP contribution in [0.1, 0.15) is 18.9 Å². The smallest absolute Gasteiger partial charge is 0.426 e. The molecule has 1 aromatic rings. The summed E-state index contributed by atoms with van der Waals surface area (Å²) in [4.78, 5) is 22.5. The molecule has 21 heavy (non-hydrogen) atoms. The van der Waals surface area contributed by atoms with Gasteiger partial charge in [0.05, 0.1) is 17.3 Å². The van der Waals surface area contributed by atoms with E-state index in [-0.39, 0.29) is 23.7 Å².